The number of hydrogen-bond acceptors (Lipinski definition) is 4. The highest BCUT2D eigenvalue weighted by atomic mass is 79.9. The lowest BCUT2D eigenvalue weighted by Crippen LogP contribution is -1.92. The second kappa shape index (κ2) is 5.19. The predicted molar refractivity (Wildman–Crippen MR) is 73.8 cm³/mol. The van der Waals surface area contributed by atoms with Crippen molar-refractivity contribution in [1.29, 1.82) is 0 Å². The number of hydrogen-bond donors (Lipinski definition) is 0. The van der Waals surface area contributed by atoms with Gasteiger partial charge in [-0.3, -0.25) is 0 Å². The summed E-state index contributed by atoms with van der Waals surface area (Å²) >= 11 is 9.52. The van der Waals surface area contributed by atoms with Crippen molar-refractivity contribution >= 4 is 27.5 Å². The van der Waals surface area contributed by atoms with Crippen molar-refractivity contribution in [2.24, 2.45) is 0 Å². The second-order valence-electron chi connectivity index (χ2n) is 3.82. The minimum Gasteiger partial charge on any atom is -0.444 e. The second-order valence-corrected chi connectivity index (χ2v) is 5.04. The van der Waals surface area contributed by atoms with Gasteiger partial charge in [0, 0.05) is 0 Å². The van der Waals surface area contributed by atoms with E-state index in [0.29, 0.717) is 22.2 Å². The van der Waals surface area contributed by atoms with Crippen LogP contribution in [0.15, 0.2) is 56.0 Å². The lowest BCUT2D eigenvalue weighted by atomic mass is 10.1. The van der Waals surface area contributed by atoms with Gasteiger partial charge in [0.1, 0.15) is 5.38 Å². The monoisotopic (exact) mass is 338 g/mol. The van der Waals surface area contributed by atoms with Crippen molar-refractivity contribution in [2.75, 3.05) is 0 Å². The molecule has 0 saturated carbocycles. The van der Waals surface area contributed by atoms with Crippen LogP contribution in [0.4, 0.5) is 0 Å². The molecule has 0 radical (unpaired) electrons. The third kappa shape index (κ3) is 2.57. The van der Waals surface area contributed by atoms with E-state index in [1.165, 1.54) is 0 Å². The molecule has 0 bridgehead atoms. The van der Waals surface area contributed by atoms with Crippen molar-refractivity contribution in [1.82, 2.24) is 10.2 Å². The van der Waals surface area contributed by atoms with Crippen LogP contribution >= 0.6 is 27.5 Å². The molecule has 1 atom stereocenters. The fourth-order valence-corrected chi connectivity index (χ4v) is 2.17. The van der Waals surface area contributed by atoms with Crippen LogP contribution in [-0.2, 0) is 0 Å². The lowest BCUT2D eigenvalue weighted by Gasteiger charge is -2.03. The van der Waals surface area contributed by atoms with Gasteiger partial charge in [-0.05, 0) is 33.6 Å². The van der Waals surface area contributed by atoms with Crippen LogP contribution in [0, 0.1) is 0 Å². The minimum absolute atomic E-state index is 0.308. The molecule has 0 fully saturated rings. The van der Waals surface area contributed by atoms with Gasteiger partial charge in [0.25, 0.3) is 5.89 Å². The molecule has 0 aliphatic carbocycles. The number of benzene rings is 1. The van der Waals surface area contributed by atoms with Crippen molar-refractivity contribution in [3.05, 3.63) is 58.6 Å². The molecular formula is C13H8BrClN2O2. The van der Waals surface area contributed by atoms with Gasteiger partial charge < -0.3 is 8.83 Å². The van der Waals surface area contributed by atoms with E-state index in [0.717, 1.165) is 5.56 Å². The summed E-state index contributed by atoms with van der Waals surface area (Å²) in [4.78, 5) is 0. The summed E-state index contributed by atoms with van der Waals surface area (Å²) in [5, 5.41) is 7.41. The fourth-order valence-electron chi connectivity index (χ4n) is 1.63. The molecule has 6 heteroatoms. The van der Waals surface area contributed by atoms with Crippen LogP contribution in [0.2, 0.25) is 0 Å². The molecule has 96 valence electrons. The summed E-state index contributed by atoms with van der Waals surface area (Å²) in [5.74, 6) is 1.15. The third-order valence-electron chi connectivity index (χ3n) is 2.53. The largest absolute Gasteiger partial charge is 0.444 e. The molecular weight excluding hydrogens is 332 g/mol. The number of rotatable bonds is 3. The maximum atomic E-state index is 6.30. The van der Waals surface area contributed by atoms with Crippen LogP contribution in [0.3, 0.4) is 0 Å². The average Bonchev–Trinajstić information content (AvgIpc) is 3.07. The fraction of sp³-hybridized carbons (Fsp3) is 0.0769. The Bertz CT molecular complexity index is 681. The van der Waals surface area contributed by atoms with E-state index in [2.05, 4.69) is 26.1 Å². The first kappa shape index (κ1) is 12.4. The molecule has 0 aliphatic heterocycles. The van der Waals surface area contributed by atoms with Crippen molar-refractivity contribution in [3.63, 3.8) is 0 Å². The Morgan fingerprint density at radius 1 is 1.00 bits per heavy atom. The molecule has 3 rings (SSSR count). The summed E-state index contributed by atoms with van der Waals surface area (Å²) in [6.07, 6.45) is 0. The van der Waals surface area contributed by atoms with Crippen LogP contribution in [0.25, 0.3) is 11.7 Å². The third-order valence-corrected chi connectivity index (χ3v) is 3.40. The van der Waals surface area contributed by atoms with E-state index < -0.39 is 5.38 Å². The number of aromatic nitrogens is 2. The molecule has 2 heterocycles. The van der Waals surface area contributed by atoms with Crippen LogP contribution in [0.5, 0.6) is 0 Å². The average molecular weight is 340 g/mol. The first-order valence-corrected chi connectivity index (χ1v) is 6.75. The van der Waals surface area contributed by atoms with Crippen LogP contribution in [-0.4, -0.2) is 10.2 Å². The highest BCUT2D eigenvalue weighted by Crippen LogP contribution is 2.30. The Labute approximate surface area is 122 Å². The summed E-state index contributed by atoms with van der Waals surface area (Å²) in [5.41, 5.74) is 0.903. The van der Waals surface area contributed by atoms with Gasteiger partial charge in [-0.1, -0.05) is 30.3 Å². The minimum atomic E-state index is -0.471. The normalized spacial score (nSPS) is 12.5. The van der Waals surface area contributed by atoms with E-state index in [-0.39, 0.29) is 0 Å². The van der Waals surface area contributed by atoms with Gasteiger partial charge in [-0.2, -0.15) is 0 Å². The maximum absolute atomic E-state index is 6.30. The quantitative estimate of drug-likeness (QED) is 0.663. The Hall–Kier alpha value is -1.59. The van der Waals surface area contributed by atoms with Crippen LogP contribution in [0.1, 0.15) is 16.8 Å². The van der Waals surface area contributed by atoms with E-state index in [4.69, 9.17) is 20.4 Å². The molecule has 3 aromatic rings. The zero-order valence-electron chi connectivity index (χ0n) is 9.59. The van der Waals surface area contributed by atoms with Crippen LogP contribution < -0.4 is 0 Å². The number of alkyl halides is 1. The lowest BCUT2D eigenvalue weighted by molar-refractivity contribution is 0.478. The molecule has 0 aliphatic rings. The molecule has 0 saturated heterocycles. The Balaban J connectivity index is 1.89. The van der Waals surface area contributed by atoms with Gasteiger partial charge in [0.15, 0.2) is 10.4 Å². The molecule has 0 spiro atoms. The Morgan fingerprint density at radius 3 is 2.47 bits per heavy atom. The number of halogens is 2. The number of nitrogens with zero attached hydrogens (tertiary/aromatic N) is 2. The first-order chi connectivity index (χ1) is 9.24. The molecule has 0 amide bonds. The predicted octanol–water partition coefficient (Wildman–Crippen LogP) is 4.42. The molecule has 0 N–H and O–H groups in total. The topological polar surface area (TPSA) is 52.1 Å². The summed E-state index contributed by atoms with van der Waals surface area (Å²) in [6, 6.07) is 13.1. The highest BCUT2D eigenvalue weighted by Gasteiger charge is 2.19. The van der Waals surface area contributed by atoms with Gasteiger partial charge in [0.2, 0.25) is 5.89 Å². The van der Waals surface area contributed by atoms with E-state index >= 15 is 0 Å². The zero-order valence-corrected chi connectivity index (χ0v) is 11.9. The molecule has 2 aromatic heterocycles. The standard InChI is InChI=1S/C13H8BrClN2O2/c14-10-7-6-9(18-10)12-16-17-13(19-12)11(15)8-4-2-1-3-5-8/h1-7,11H. The SMILES string of the molecule is ClC(c1ccccc1)c1nnc(-c2ccc(Br)o2)o1. The van der Waals surface area contributed by atoms with Gasteiger partial charge in [0.05, 0.1) is 0 Å². The van der Waals surface area contributed by atoms with Gasteiger partial charge >= 0.3 is 0 Å². The Kier molecular flexibility index (Phi) is 3.40. The molecule has 4 nitrogen and oxygen atoms in total. The van der Waals surface area contributed by atoms with Crippen molar-refractivity contribution < 1.29 is 8.83 Å². The van der Waals surface area contributed by atoms with Crippen molar-refractivity contribution in [3.8, 4) is 11.7 Å². The van der Waals surface area contributed by atoms with E-state index in [1.807, 2.05) is 30.3 Å². The molecule has 19 heavy (non-hydrogen) atoms. The highest BCUT2D eigenvalue weighted by molar-refractivity contribution is 9.10. The Morgan fingerprint density at radius 2 is 1.79 bits per heavy atom. The summed E-state index contributed by atoms with van der Waals surface area (Å²) in [7, 11) is 0. The molecule has 1 unspecified atom stereocenters. The summed E-state index contributed by atoms with van der Waals surface area (Å²) < 4.78 is 11.5. The van der Waals surface area contributed by atoms with Gasteiger partial charge in [-0.15, -0.1) is 21.8 Å². The summed E-state index contributed by atoms with van der Waals surface area (Å²) in [6.45, 7) is 0. The first-order valence-electron chi connectivity index (χ1n) is 5.52. The van der Waals surface area contributed by atoms with Crippen molar-refractivity contribution in [2.45, 2.75) is 5.38 Å². The van der Waals surface area contributed by atoms with Gasteiger partial charge in [-0.25, -0.2) is 0 Å². The maximum Gasteiger partial charge on any atom is 0.283 e. The van der Waals surface area contributed by atoms with E-state index in [1.54, 1.807) is 12.1 Å². The smallest absolute Gasteiger partial charge is 0.283 e. The number of furan rings is 1. The molecule has 1 aromatic carbocycles. The van der Waals surface area contributed by atoms with E-state index in [9.17, 15) is 0 Å². The zero-order chi connectivity index (χ0) is 13.2.